The molecule has 11 N–H and O–H groups in total. The standard InChI is InChI=1S/C39H52N8O6.3ClH.H2O/c1-25(2)17-32(35(49)20-36(50)44-29(23-48)13-5-6-15-40)45-39(53)34(19-30-22-42-24-43-30)47-38(52)33(46-37(51)28-12-8-16-41-21-28)18-27-11-7-10-26-9-3-4-14-31(26)27;;;;/h3-4,7-12,14,16,21-22,24-25,29,32-35,48-49H,5-6,13,15,17-20,23,40H2,1-2H3,(H,42,43)(H,44,50)(H,45,53)(H,46,51)(H,47,52);3*1H;1H2/t29-,32-,33-,34-,35-;;;;/m0..../s1. The van der Waals surface area contributed by atoms with Crippen molar-refractivity contribution in [3.8, 4) is 0 Å². The average molecular weight is 856 g/mol. The van der Waals surface area contributed by atoms with E-state index in [2.05, 4.69) is 36.2 Å². The number of hydrogen-bond donors (Lipinski definition) is 8. The Hall–Kier alpha value is -4.35. The van der Waals surface area contributed by atoms with Crippen LogP contribution in [0.5, 0.6) is 0 Å². The molecule has 0 spiro atoms. The van der Waals surface area contributed by atoms with E-state index in [1.54, 1.807) is 24.5 Å². The molecule has 4 amide bonds. The zero-order chi connectivity index (χ0) is 38.2. The SMILES string of the molecule is CC(C)C[C@H](NC(=O)[C@H](Cc1c[nH]cn1)NC(=O)[C@H](Cc1cccc2ccccc12)NC(=O)c1cccnc1)[C@@H](O)CC(=O)N[C@H](CO)CCCCN.Cl.Cl.Cl.O. The normalized spacial score (nSPS) is 13.2. The van der Waals surface area contributed by atoms with Crippen molar-refractivity contribution >= 4 is 71.6 Å². The second-order valence-corrected chi connectivity index (χ2v) is 13.7. The van der Waals surface area contributed by atoms with Crippen molar-refractivity contribution in [2.24, 2.45) is 11.7 Å². The lowest BCUT2D eigenvalue weighted by molar-refractivity contribution is -0.131. The summed E-state index contributed by atoms with van der Waals surface area (Å²) >= 11 is 0. The third kappa shape index (κ3) is 17.0. The molecule has 0 bridgehead atoms. The average Bonchev–Trinajstić information content (AvgIpc) is 3.67. The summed E-state index contributed by atoms with van der Waals surface area (Å²) in [7, 11) is 0. The Morgan fingerprint density at radius 2 is 1.56 bits per heavy atom. The van der Waals surface area contributed by atoms with Crippen LogP contribution >= 0.6 is 37.2 Å². The summed E-state index contributed by atoms with van der Waals surface area (Å²) in [5.74, 6) is -2.13. The van der Waals surface area contributed by atoms with Crippen molar-refractivity contribution in [2.75, 3.05) is 13.2 Å². The van der Waals surface area contributed by atoms with Gasteiger partial charge < -0.3 is 47.7 Å². The fourth-order valence-electron chi connectivity index (χ4n) is 6.20. The van der Waals surface area contributed by atoms with E-state index in [9.17, 15) is 29.4 Å². The van der Waals surface area contributed by atoms with E-state index in [4.69, 9.17) is 5.73 Å². The Bertz CT molecular complexity index is 1770. The van der Waals surface area contributed by atoms with Crippen molar-refractivity contribution in [1.82, 2.24) is 36.2 Å². The van der Waals surface area contributed by atoms with Gasteiger partial charge in [-0.3, -0.25) is 24.2 Å². The number of hydrogen-bond acceptors (Lipinski definition) is 9. The smallest absolute Gasteiger partial charge is 0.253 e. The maximum absolute atomic E-state index is 14.2. The predicted octanol–water partition coefficient (Wildman–Crippen LogP) is 2.36. The molecule has 4 rings (SSSR count). The van der Waals surface area contributed by atoms with Gasteiger partial charge in [-0.1, -0.05) is 62.7 Å². The second kappa shape index (κ2) is 27.3. The minimum atomic E-state index is -1.26. The minimum Gasteiger partial charge on any atom is -0.412 e. The number of nitrogens with two attached hydrogens (primary N) is 1. The summed E-state index contributed by atoms with van der Waals surface area (Å²) in [5.41, 5.74) is 7.15. The molecule has 57 heavy (non-hydrogen) atoms. The van der Waals surface area contributed by atoms with E-state index in [0.717, 1.165) is 29.2 Å². The first-order valence-electron chi connectivity index (χ1n) is 18.1. The molecule has 0 saturated heterocycles. The number of nitrogens with zero attached hydrogens (tertiary/aromatic N) is 2. The zero-order valence-electron chi connectivity index (χ0n) is 32.1. The van der Waals surface area contributed by atoms with E-state index in [1.807, 2.05) is 56.3 Å². The van der Waals surface area contributed by atoms with Crippen LogP contribution in [0.2, 0.25) is 0 Å². The molecule has 0 unspecified atom stereocenters. The van der Waals surface area contributed by atoms with Gasteiger partial charge in [-0.25, -0.2) is 4.98 Å². The number of aliphatic hydroxyl groups excluding tert-OH is 2. The van der Waals surface area contributed by atoms with Gasteiger partial charge in [0.1, 0.15) is 12.1 Å². The van der Waals surface area contributed by atoms with Crippen LogP contribution in [0, 0.1) is 5.92 Å². The first-order chi connectivity index (χ1) is 25.6. The molecule has 0 aliphatic rings. The second-order valence-electron chi connectivity index (χ2n) is 13.7. The third-order valence-electron chi connectivity index (χ3n) is 8.95. The molecule has 2 heterocycles. The van der Waals surface area contributed by atoms with E-state index in [0.29, 0.717) is 25.1 Å². The molecule has 0 aliphatic carbocycles. The number of carbonyl (C=O) groups excluding carboxylic acids is 4. The molecule has 2 aromatic heterocycles. The van der Waals surface area contributed by atoms with Crippen LogP contribution in [-0.2, 0) is 27.2 Å². The number of fused-ring (bicyclic) bond motifs is 1. The Balaban J connectivity index is 0.00000784. The monoisotopic (exact) mass is 854 g/mol. The number of amides is 4. The molecule has 18 heteroatoms. The lowest BCUT2D eigenvalue weighted by Crippen LogP contribution is -2.57. The number of pyridine rings is 1. The maximum Gasteiger partial charge on any atom is 0.253 e. The lowest BCUT2D eigenvalue weighted by Gasteiger charge is -2.29. The lowest BCUT2D eigenvalue weighted by atomic mass is 9.96. The molecular formula is C39H57Cl3N8O7. The van der Waals surface area contributed by atoms with Gasteiger partial charge in [-0.05, 0) is 60.2 Å². The fraction of sp³-hybridized carbons (Fsp3) is 0.436. The van der Waals surface area contributed by atoms with Crippen LogP contribution < -0.4 is 27.0 Å². The molecule has 15 nitrogen and oxygen atoms in total. The number of carbonyl (C=O) groups is 4. The summed E-state index contributed by atoms with van der Waals surface area (Å²) in [6, 6.07) is 13.1. The Morgan fingerprint density at radius 1 is 0.860 bits per heavy atom. The predicted molar refractivity (Wildman–Crippen MR) is 227 cm³/mol. The molecule has 4 aromatic rings. The number of aliphatic hydroxyl groups is 2. The number of halogens is 3. The number of aromatic amines is 1. The number of imidazole rings is 1. The fourth-order valence-corrected chi connectivity index (χ4v) is 6.20. The Kier molecular flexibility index (Phi) is 25.2. The topological polar surface area (TPSA) is 256 Å². The molecule has 5 atom stereocenters. The van der Waals surface area contributed by atoms with Gasteiger partial charge in [0, 0.05) is 31.4 Å². The first-order valence-corrected chi connectivity index (χ1v) is 18.1. The molecular weight excluding hydrogens is 799 g/mol. The summed E-state index contributed by atoms with van der Waals surface area (Å²) < 4.78 is 0. The molecule has 0 fully saturated rings. The summed E-state index contributed by atoms with van der Waals surface area (Å²) in [6.07, 6.45) is 6.95. The Morgan fingerprint density at radius 3 is 2.21 bits per heavy atom. The largest absolute Gasteiger partial charge is 0.412 e. The first kappa shape index (κ1) is 52.6. The van der Waals surface area contributed by atoms with Crippen LogP contribution in [0.25, 0.3) is 10.8 Å². The quantitative estimate of drug-likeness (QED) is 0.0572. The minimum absolute atomic E-state index is 0. The van der Waals surface area contributed by atoms with E-state index in [-0.39, 0.29) is 80.0 Å². The molecule has 0 saturated carbocycles. The van der Waals surface area contributed by atoms with Crippen molar-refractivity contribution in [3.05, 3.63) is 96.3 Å². The van der Waals surface area contributed by atoms with Crippen LogP contribution in [0.3, 0.4) is 0 Å². The van der Waals surface area contributed by atoms with Gasteiger partial charge in [0.05, 0.1) is 48.8 Å². The Labute approximate surface area is 351 Å². The highest BCUT2D eigenvalue weighted by atomic mass is 35.5. The van der Waals surface area contributed by atoms with Crippen LogP contribution in [0.15, 0.2) is 79.5 Å². The van der Waals surface area contributed by atoms with E-state index in [1.165, 1.54) is 12.5 Å². The van der Waals surface area contributed by atoms with Crippen molar-refractivity contribution in [1.29, 1.82) is 0 Å². The molecule has 2 aromatic carbocycles. The van der Waals surface area contributed by atoms with Gasteiger partial charge in [0.15, 0.2) is 0 Å². The van der Waals surface area contributed by atoms with Gasteiger partial charge in [0.2, 0.25) is 17.7 Å². The van der Waals surface area contributed by atoms with Gasteiger partial charge in [-0.2, -0.15) is 0 Å². The summed E-state index contributed by atoms with van der Waals surface area (Å²) in [4.78, 5) is 65.6. The van der Waals surface area contributed by atoms with Crippen molar-refractivity contribution in [2.45, 2.75) is 89.1 Å². The number of benzene rings is 2. The number of nitrogens with one attached hydrogen (secondary N) is 5. The highest BCUT2D eigenvalue weighted by molar-refractivity contribution is 5.98. The molecule has 0 radical (unpaired) electrons. The molecule has 0 aliphatic heterocycles. The van der Waals surface area contributed by atoms with Crippen molar-refractivity contribution in [3.63, 3.8) is 0 Å². The summed E-state index contributed by atoms with van der Waals surface area (Å²) in [5, 5.41) is 34.2. The van der Waals surface area contributed by atoms with Crippen LogP contribution in [0.4, 0.5) is 0 Å². The van der Waals surface area contributed by atoms with E-state index >= 15 is 0 Å². The van der Waals surface area contributed by atoms with Gasteiger partial charge in [-0.15, -0.1) is 37.2 Å². The summed E-state index contributed by atoms with van der Waals surface area (Å²) in [6.45, 7) is 4.11. The maximum atomic E-state index is 14.2. The number of H-pyrrole nitrogens is 1. The molecule has 316 valence electrons. The number of aromatic nitrogens is 3. The highest BCUT2D eigenvalue weighted by Crippen LogP contribution is 2.20. The van der Waals surface area contributed by atoms with Gasteiger partial charge in [0.25, 0.3) is 5.91 Å². The zero-order valence-corrected chi connectivity index (χ0v) is 34.5. The van der Waals surface area contributed by atoms with E-state index < -0.39 is 53.9 Å². The number of rotatable bonds is 21. The van der Waals surface area contributed by atoms with Gasteiger partial charge >= 0.3 is 0 Å². The van der Waals surface area contributed by atoms with Crippen LogP contribution in [-0.4, -0.2) is 97.7 Å². The van der Waals surface area contributed by atoms with Crippen LogP contribution in [0.1, 0.15) is 67.6 Å². The van der Waals surface area contributed by atoms with Crippen molar-refractivity contribution < 1.29 is 34.9 Å². The highest BCUT2D eigenvalue weighted by Gasteiger charge is 2.32. The third-order valence-corrected chi connectivity index (χ3v) is 8.95. The number of unbranched alkanes of at least 4 members (excludes halogenated alkanes) is 1.